The van der Waals surface area contributed by atoms with Crippen LogP contribution in [0.15, 0.2) is 53.1 Å². The second kappa shape index (κ2) is 6.73. The Balaban J connectivity index is 1.49. The van der Waals surface area contributed by atoms with Crippen molar-refractivity contribution in [1.29, 1.82) is 0 Å². The first-order valence-electron chi connectivity index (χ1n) is 7.42. The van der Waals surface area contributed by atoms with E-state index >= 15 is 0 Å². The topological polar surface area (TPSA) is 28.4 Å². The van der Waals surface area contributed by atoms with E-state index in [2.05, 4.69) is 46.6 Å². The van der Waals surface area contributed by atoms with E-state index in [4.69, 9.17) is 4.42 Å². The fraction of sp³-hybridized carbons (Fsp3) is 0.412. The molecule has 1 aromatic carbocycles. The molecule has 0 radical (unpaired) electrons. The zero-order valence-electron chi connectivity index (χ0n) is 11.8. The number of hydrogen-bond acceptors (Lipinski definition) is 3. The zero-order valence-corrected chi connectivity index (χ0v) is 11.8. The largest absolute Gasteiger partial charge is 0.469 e. The van der Waals surface area contributed by atoms with Crippen molar-refractivity contribution in [2.75, 3.05) is 26.2 Å². The molecule has 1 N–H and O–H groups in total. The lowest BCUT2D eigenvalue weighted by atomic mass is 10.0. The van der Waals surface area contributed by atoms with Gasteiger partial charge in [-0.25, -0.2) is 0 Å². The first kappa shape index (κ1) is 13.4. The van der Waals surface area contributed by atoms with Crippen molar-refractivity contribution in [3.8, 4) is 0 Å². The third-order valence-electron chi connectivity index (χ3n) is 3.92. The standard InChI is InChI=1S/C17H22N2O/c1-2-5-15(6-3-1)13-16-14-19(11-9-18-16)10-8-17-7-4-12-20-17/h1-7,12,16,18H,8-11,13-14H2. The summed E-state index contributed by atoms with van der Waals surface area (Å²) in [6, 6.07) is 15.3. The van der Waals surface area contributed by atoms with Crippen LogP contribution in [0, 0.1) is 0 Å². The molecule has 2 aromatic rings. The summed E-state index contributed by atoms with van der Waals surface area (Å²) in [4.78, 5) is 2.53. The van der Waals surface area contributed by atoms with Gasteiger partial charge in [0.1, 0.15) is 5.76 Å². The molecule has 1 aromatic heterocycles. The Hall–Kier alpha value is -1.58. The van der Waals surface area contributed by atoms with Crippen LogP contribution in [0.5, 0.6) is 0 Å². The summed E-state index contributed by atoms with van der Waals surface area (Å²) in [5.41, 5.74) is 1.41. The summed E-state index contributed by atoms with van der Waals surface area (Å²) in [5, 5.41) is 3.63. The molecule has 2 heterocycles. The molecule has 1 aliphatic rings. The lowest BCUT2D eigenvalue weighted by molar-refractivity contribution is 0.198. The molecule has 1 unspecified atom stereocenters. The number of piperazine rings is 1. The summed E-state index contributed by atoms with van der Waals surface area (Å²) in [7, 11) is 0. The second-order valence-corrected chi connectivity index (χ2v) is 5.47. The molecule has 0 aliphatic carbocycles. The van der Waals surface area contributed by atoms with Crippen molar-refractivity contribution in [1.82, 2.24) is 10.2 Å². The molecule has 3 rings (SSSR count). The van der Waals surface area contributed by atoms with Crippen molar-refractivity contribution < 1.29 is 4.42 Å². The minimum atomic E-state index is 0.558. The molecule has 0 spiro atoms. The van der Waals surface area contributed by atoms with E-state index in [0.717, 1.165) is 44.8 Å². The van der Waals surface area contributed by atoms with Crippen molar-refractivity contribution in [3.05, 3.63) is 60.1 Å². The third kappa shape index (κ3) is 3.71. The van der Waals surface area contributed by atoms with Crippen LogP contribution in [0.1, 0.15) is 11.3 Å². The van der Waals surface area contributed by atoms with Crippen LogP contribution in [0.3, 0.4) is 0 Å². The Bertz CT molecular complexity index is 495. The van der Waals surface area contributed by atoms with Crippen LogP contribution in [0.4, 0.5) is 0 Å². The fourth-order valence-corrected chi connectivity index (χ4v) is 2.86. The van der Waals surface area contributed by atoms with Crippen molar-refractivity contribution in [3.63, 3.8) is 0 Å². The van der Waals surface area contributed by atoms with E-state index in [-0.39, 0.29) is 0 Å². The average Bonchev–Trinajstić information content (AvgIpc) is 3.00. The number of nitrogens with zero attached hydrogens (tertiary/aromatic N) is 1. The van der Waals surface area contributed by atoms with Gasteiger partial charge in [-0.15, -0.1) is 0 Å². The first-order valence-corrected chi connectivity index (χ1v) is 7.42. The SMILES string of the molecule is c1ccc(CC2CN(CCc3ccco3)CCN2)cc1. The van der Waals surface area contributed by atoms with Crippen molar-refractivity contribution in [2.45, 2.75) is 18.9 Å². The molecule has 3 heteroatoms. The molecule has 3 nitrogen and oxygen atoms in total. The third-order valence-corrected chi connectivity index (χ3v) is 3.92. The van der Waals surface area contributed by atoms with Gasteiger partial charge in [0.2, 0.25) is 0 Å². The fourth-order valence-electron chi connectivity index (χ4n) is 2.86. The molecule has 0 bridgehead atoms. The Morgan fingerprint density at radius 1 is 1.15 bits per heavy atom. The summed E-state index contributed by atoms with van der Waals surface area (Å²) in [6.45, 7) is 4.41. The summed E-state index contributed by atoms with van der Waals surface area (Å²) in [5.74, 6) is 1.09. The number of rotatable bonds is 5. The average molecular weight is 270 g/mol. The van der Waals surface area contributed by atoms with Gasteiger partial charge < -0.3 is 14.6 Å². The van der Waals surface area contributed by atoms with Gasteiger partial charge in [-0.05, 0) is 24.1 Å². The minimum absolute atomic E-state index is 0.558. The number of nitrogens with one attached hydrogen (secondary N) is 1. The van der Waals surface area contributed by atoms with E-state index in [9.17, 15) is 0 Å². The van der Waals surface area contributed by atoms with Gasteiger partial charge >= 0.3 is 0 Å². The van der Waals surface area contributed by atoms with E-state index in [1.54, 1.807) is 6.26 Å². The molecule has 1 aliphatic heterocycles. The van der Waals surface area contributed by atoms with Gasteiger partial charge in [0.15, 0.2) is 0 Å². The highest BCUT2D eigenvalue weighted by atomic mass is 16.3. The maximum atomic E-state index is 5.40. The Kier molecular flexibility index (Phi) is 4.51. The predicted molar refractivity (Wildman–Crippen MR) is 80.8 cm³/mol. The predicted octanol–water partition coefficient (Wildman–Crippen LogP) is 2.34. The van der Waals surface area contributed by atoms with Crippen LogP contribution in [0.2, 0.25) is 0 Å². The quantitative estimate of drug-likeness (QED) is 0.904. The molecule has 20 heavy (non-hydrogen) atoms. The highest BCUT2D eigenvalue weighted by Gasteiger charge is 2.19. The highest BCUT2D eigenvalue weighted by molar-refractivity contribution is 5.16. The van der Waals surface area contributed by atoms with Gasteiger partial charge in [0, 0.05) is 38.6 Å². The van der Waals surface area contributed by atoms with Gasteiger partial charge in [0.25, 0.3) is 0 Å². The zero-order chi connectivity index (χ0) is 13.6. The summed E-state index contributed by atoms with van der Waals surface area (Å²) < 4.78 is 5.40. The van der Waals surface area contributed by atoms with Gasteiger partial charge in [0.05, 0.1) is 6.26 Å². The van der Waals surface area contributed by atoms with Crippen LogP contribution >= 0.6 is 0 Å². The molecule has 0 amide bonds. The lowest BCUT2D eigenvalue weighted by Crippen LogP contribution is -2.51. The monoisotopic (exact) mass is 270 g/mol. The van der Waals surface area contributed by atoms with Crippen molar-refractivity contribution in [2.24, 2.45) is 0 Å². The summed E-state index contributed by atoms with van der Waals surface area (Å²) >= 11 is 0. The van der Waals surface area contributed by atoms with Gasteiger partial charge in [-0.3, -0.25) is 0 Å². The van der Waals surface area contributed by atoms with E-state index in [0.29, 0.717) is 6.04 Å². The Morgan fingerprint density at radius 2 is 2.05 bits per heavy atom. The molecular formula is C17H22N2O. The van der Waals surface area contributed by atoms with E-state index in [1.807, 2.05) is 6.07 Å². The first-order chi connectivity index (χ1) is 9.90. The maximum Gasteiger partial charge on any atom is 0.105 e. The molecule has 1 fully saturated rings. The molecule has 0 saturated carbocycles. The van der Waals surface area contributed by atoms with Crippen LogP contribution in [-0.2, 0) is 12.8 Å². The molecule has 106 valence electrons. The Morgan fingerprint density at radius 3 is 2.85 bits per heavy atom. The summed E-state index contributed by atoms with van der Waals surface area (Å²) in [6.07, 6.45) is 3.87. The molecular weight excluding hydrogens is 248 g/mol. The molecule has 1 atom stereocenters. The van der Waals surface area contributed by atoms with Gasteiger partial charge in [-0.2, -0.15) is 0 Å². The molecule has 1 saturated heterocycles. The number of furan rings is 1. The number of benzene rings is 1. The smallest absolute Gasteiger partial charge is 0.105 e. The lowest BCUT2D eigenvalue weighted by Gasteiger charge is -2.33. The van der Waals surface area contributed by atoms with Crippen LogP contribution in [0.25, 0.3) is 0 Å². The highest BCUT2D eigenvalue weighted by Crippen LogP contribution is 2.09. The Labute approximate surface area is 120 Å². The maximum absolute atomic E-state index is 5.40. The van der Waals surface area contributed by atoms with Gasteiger partial charge in [-0.1, -0.05) is 30.3 Å². The van der Waals surface area contributed by atoms with Crippen LogP contribution < -0.4 is 5.32 Å². The minimum Gasteiger partial charge on any atom is -0.469 e. The van der Waals surface area contributed by atoms with E-state index < -0.39 is 0 Å². The van der Waals surface area contributed by atoms with Crippen LogP contribution in [-0.4, -0.2) is 37.1 Å². The van der Waals surface area contributed by atoms with Crippen molar-refractivity contribution >= 4 is 0 Å². The number of hydrogen-bond donors (Lipinski definition) is 1. The normalized spacial score (nSPS) is 20.1. The second-order valence-electron chi connectivity index (χ2n) is 5.47. The van der Waals surface area contributed by atoms with E-state index in [1.165, 1.54) is 5.56 Å².